The fourth-order valence-electron chi connectivity index (χ4n) is 3.79. The maximum Gasteiger partial charge on any atom is 0.119 e. The van der Waals surface area contributed by atoms with Crippen LogP contribution >= 0.6 is 0 Å². The third kappa shape index (κ3) is 4.62. The number of aromatic hydroxyl groups is 1. The molecule has 5 nitrogen and oxygen atoms in total. The molecule has 0 radical (unpaired) electrons. The number of allylic oxidation sites excluding steroid dienone is 1. The van der Waals surface area contributed by atoms with E-state index < -0.39 is 0 Å². The van der Waals surface area contributed by atoms with E-state index in [2.05, 4.69) is 52.8 Å². The van der Waals surface area contributed by atoms with Gasteiger partial charge in [0.2, 0.25) is 0 Å². The van der Waals surface area contributed by atoms with E-state index in [-0.39, 0.29) is 5.75 Å². The Morgan fingerprint density at radius 1 is 0.968 bits per heavy atom. The first-order valence-corrected chi connectivity index (χ1v) is 10.5. The highest BCUT2D eigenvalue weighted by Crippen LogP contribution is 2.36. The Labute approximate surface area is 182 Å². The van der Waals surface area contributed by atoms with E-state index >= 15 is 0 Å². The average molecular weight is 414 g/mol. The third-order valence-electron chi connectivity index (χ3n) is 5.36. The normalized spacial score (nSPS) is 12.1. The van der Waals surface area contributed by atoms with Gasteiger partial charge in [-0.05, 0) is 77.7 Å². The molecule has 0 atom stereocenters. The van der Waals surface area contributed by atoms with E-state index in [0.29, 0.717) is 6.61 Å². The second-order valence-corrected chi connectivity index (χ2v) is 7.40. The van der Waals surface area contributed by atoms with Crippen LogP contribution in [0, 0.1) is 0 Å². The van der Waals surface area contributed by atoms with Gasteiger partial charge in [-0.3, -0.25) is 5.10 Å². The molecule has 5 heteroatoms. The highest BCUT2D eigenvalue weighted by molar-refractivity contribution is 6.00. The highest BCUT2D eigenvalue weighted by atomic mass is 16.5. The van der Waals surface area contributed by atoms with Gasteiger partial charge in [0.05, 0.1) is 11.7 Å². The monoisotopic (exact) mass is 413 g/mol. The van der Waals surface area contributed by atoms with Crippen LogP contribution < -0.4 is 10.1 Å². The average Bonchev–Trinajstić information content (AvgIpc) is 3.27. The number of benzene rings is 3. The lowest BCUT2D eigenvalue weighted by Crippen LogP contribution is -2.15. The van der Waals surface area contributed by atoms with Crippen LogP contribution in [0.2, 0.25) is 0 Å². The Morgan fingerprint density at radius 3 is 2.32 bits per heavy atom. The molecule has 3 aromatic carbocycles. The molecule has 0 aliphatic heterocycles. The highest BCUT2D eigenvalue weighted by Gasteiger charge is 2.14. The van der Waals surface area contributed by atoms with Crippen molar-refractivity contribution in [2.24, 2.45) is 0 Å². The SMILES string of the molecule is CC/C(=C(\c1ccc(O)cc1)c1ccc(OCCNC)cc1)c1ccc2[nH]ncc2c1. The predicted octanol–water partition coefficient (Wildman–Crippen LogP) is 5.24. The van der Waals surface area contributed by atoms with Gasteiger partial charge in [-0.25, -0.2) is 0 Å². The lowest BCUT2D eigenvalue weighted by molar-refractivity contribution is 0.318. The maximum absolute atomic E-state index is 9.81. The standard InChI is InChI=1S/C26H27N3O2/c1-3-24(20-8-13-25-21(16-20)17-28-29-25)26(18-4-9-22(30)10-5-18)19-6-11-23(12-7-19)31-15-14-27-2/h4-13,16-17,27,30H,3,14-15H2,1-2H3,(H,28,29)/b26-24-. The molecular weight excluding hydrogens is 386 g/mol. The van der Waals surface area contributed by atoms with Crippen molar-refractivity contribution in [1.29, 1.82) is 0 Å². The molecule has 3 N–H and O–H groups in total. The number of aromatic nitrogens is 2. The van der Waals surface area contributed by atoms with Gasteiger partial charge in [0, 0.05) is 11.9 Å². The molecule has 0 unspecified atom stereocenters. The smallest absolute Gasteiger partial charge is 0.119 e. The van der Waals surface area contributed by atoms with Gasteiger partial charge < -0.3 is 15.2 Å². The van der Waals surface area contributed by atoms with Crippen molar-refractivity contribution in [3.05, 3.63) is 89.6 Å². The minimum Gasteiger partial charge on any atom is -0.508 e. The molecule has 4 aromatic rings. The Bertz CT molecular complexity index is 1180. The Balaban J connectivity index is 1.82. The summed E-state index contributed by atoms with van der Waals surface area (Å²) in [6.07, 6.45) is 2.71. The van der Waals surface area contributed by atoms with Crippen LogP contribution in [0.1, 0.15) is 30.0 Å². The fraction of sp³-hybridized carbons (Fsp3) is 0.192. The number of rotatable bonds is 8. The number of phenolic OH excluding ortho intramolecular Hbond substituents is 1. The second-order valence-electron chi connectivity index (χ2n) is 7.40. The Hall–Kier alpha value is -3.57. The van der Waals surface area contributed by atoms with Crippen molar-refractivity contribution in [1.82, 2.24) is 15.5 Å². The van der Waals surface area contributed by atoms with Crippen LogP contribution in [0.5, 0.6) is 11.5 Å². The van der Waals surface area contributed by atoms with Crippen LogP contribution in [0.25, 0.3) is 22.0 Å². The lowest BCUT2D eigenvalue weighted by atomic mass is 9.88. The molecule has 1 aromatic heterocycles. The number of nitrogens with zero attached hydrogens (tertiary/aromatic N) is 1. The Morgan fingerprint density at radius 2 is 1.65 bits per heavy atom. The van der Waals surface area contributed by atoms with Gasteiger partial charge in [0.25, 0.3) is 0 Å². The van der Waals surface area contributed by atoms with E-state index in [1.165, 1.54) is 5.57 Å². The number of ether oxygens (including phenoxy) is 1. The van der Waals surface area contributed by atoms with Crippen molar-refractivity contribution in [2.75, 3.05) is 20.2 Å². The molecular formula is C26H27N3O2. The molecule has 0 spiro atoms. The number of fused-ring (bicyclic) bond motifs is 1. The zero-order chi connectivity index (χ0) is 21.6. The molecule has 0 aliphatic carbocycles. The van der Waals surface area contributed by atoms with Crippen molar-refractivity contribution in [3.8, 4) is 11.5 Å². The molecule has 158 valence electrons. The minimum absolute atomic E-state index is 0.259. The molecule has 0 aliphatic rings. The molecule has 0 bridgehead atoms. The molecule has 0 fully saturated rings. The van der Waals surface area contributed by atoms with E-state index in [0.717, 1.165) is 51.9 Å². The van der Waals surface area contributed by atoms with Crippen molar-refractivity contribution >= 4 is 22.0 Å². The lowest BCUT2D eigenvalue weighted by Gasteiger charge is -2.17. The van der Waals surface area contributed by atoms with Crippen LogP contribution in [0.15, 0.2) is 72.9 Å². The van der Waals surface area contributed by atoms with E-state index in [9.17, 15) is 5.11 Å². The van der Waals surface area contributed by atoms with Crippen molar-refractivity contribution in [2.45, 2.75) is 13.3 Å². The van der Waals surface area contributed by atoms with Crippen LogP contribution in [-0.4, -0.2) is 35.5 Å². The summed E-state index contributed by atoms with van der Waals surface area (Å²) in [4.78, 5) is 0. The van der Waals surface area contributed by atoms with E-state index in [1.54, 1.807) is 12.1 Å². The molecule has 31 heavy (non-hydrogen) atoms. The predicted molar refractivity (Wildman–Crippen MR) is 126 cm³/mol. The van der Waals surface area contributed by atoms with Gasteiger partial charge in [0.1, 0.15) is 18.1 Å². The first kappa shape index (κ1) is 20.7. The largest absolute Gasteiger partial charge is 0.508 e. The van der Waals surface area contributed by atoms with Gasteiger partial charge in [0.15, 0.2) is 0 Å². The Kier molecular flexibility index (Phi) is 6.34. The maximum atomic E-state index is 9.81. The van der Waals surface area contributed by atoms with Crippen LogP contribution in [-0.2, 0) is 0 Å². The molecule has 4 rings (SSSR count). The first-order chi connectivity index (χ1) is 15.2. The summed E-state index contributed by atoms with van der Waals surface area (Å²) in [6.45, 7) is 3.60. The summed E-state index contributed by atoms with van der Waals surface area (Å²) in [5.41, 5.74) is 6.73. The zero-order valence-corrected chi connectivity index (χ0v) is 17.9. The molecule has 0 amide bonds. The molecule has 0 saturated heterocycles. The molecule has 1 heterocycles. The van der Waals surface area contributed by atoms with Crippen LogP contribution in [0.4, 0.5) is 0 Å². The summed E-state index contributed by atoms with van der Waals surface area (Å²) in [7, 11) is 1.91. The number of hydrogen-bond donors (Lipinski definition) is 3. The van der Waals surface area contributed by atoms with E-state index in [1.807, 2.05) is 37.5 Å². The number of aromatic amines is 1. The first-order valence-electron chi connectivity index (χ1n) is 10.5. The number of H-pyrrole nitrogens is 1. The van der Waals surface area contributed by atoms with Crippen LogP contribution in [0.3, 0.4) is 0 Å². The zero-order valence-electron chi connectivity index (χ0n) is 17.9. The number of likely N-dealkylation sites (N-methyl/N-ethyl adjacent to an activating group) is 1. The quantitative estimate of drug-likeness (QED) is 0.273. The van der Waals surface area contributed by atoms with E-state index in [4.69, 9.17) is 4.74 Å². The van der Waals surface area contributed by atoms with Gasteiger partial charge in [-0.15, -0.1) is 0 Å². The minimum atomic E-state index is 0.259. The summed E-state index contributed by atoms with van der Waals surface area (Å²) < 4.78 is 5.79. The number of phenols is 1. The van der Waals surface area contributed by atoms with Gasteiger partial charge in [-0.1, -0.05) is 37.3 Å². The van der Waals surface area contributed by atoms with Crippen molar-refractivity contribution < 1.29 is 9.84 Å². The number of hydrogen-bond acceptors (Lipinski definition) is 4. The summed E-state index contributed by atoms with van der Waals surface area (Å²) in [5.74, 6) is 1.11. The van der Waals surface area contributed by atoms with Crippen molar-refractivity contribution in [3.63, 3.8) is 0 Å². The summed E-state index contributed by atoms with van der Waals surface area (Å²) in [5, 5.41) is 21.1. The third-order valence-corrected chi connectivity index (χ3v) is 5.36. The fourth-order valence-corrected chi connectivity index (χ4v) is 3.79. The second kappa shape index (κ2) is 9.49. The topological polar surface area (TPSA) is 70.2 Å². The van der Waals surface area contributed by atoms with Gasteiger partial charge in [-0.2, -0.15) is 5.10 Å². The summed E-state index contributed by atoms with van der Waals surface area (Å²) in [6, 6.07) is 22.0. The summed E-state index contributed by atoms with van der Waals surface area (Å²) >= 11 is 0. The number of nitrogens with one attached hydrogen (secondary N) is 2. The molecule has 0 saturated carbocycles. The van der Waals surface area contributed by atoms with Gasteiger partial charge >= 0.3 is 0 Å².